The number of aliphatic hydroxyl groups is 1. The van der Waals surface area contributed by atoms with Gasteiger partial charge >= 0.3 is 0 Å². The largest absolute Gasteiger partial charge is 0.384 e. The molecule has 2 rings (SSSR count). The maximum atomic E-state index is 13.8. The fourth-order valence-electron chi connectivity index (χ4n) is 1.67. The number of para-hydroxylation sites is 1. The summed E-state index contributed by atoms with van der Waals surface area (Å²) in [5, 5.41) is 10.9. The van der Waals surface area contributed by atoms with Crippen molar-refractivity contribution in [3.63, 3.8) is 0 Å². The molecule has 3 nitrogen and oxygen atoms in total. The van der Waals surface area contributed by atoms with E-state index in [4.69, 9.17) is 5.11 Å². The summed E-state index contributed by atoms with van der Waals surface area (Å²) in [5.41, 5.74) is 0.0999. The van der Waals surface area contributed by atoms with E-state index in [0.29, 0.717) is 5.56 Å². The lowest BCUT2D eigenvalue weighted by Gasteiger charge is -2.07. The van der Waals surface area contributed by atoms with Crippen LogP contribution in [0.3, 0.4) is 0 Å². The van der Waals surface area contributed by atoms with Crippen LogP contribution >= 0.6 is 0 Å². The molecule has 0 aliphatic rings. The van der Waals surface area contributed by atoms with Gasteiger partial charge in [0.1, 0.15) is 18.2 Å². The van der Waals surface area contributed by atoms with E-state index in [9.17, 15) is 13.6 Å². The molecule has 2 N–H and O–H groups in total. The molecule has 1 amide bonds. The lowest BCUT2D eigenvalue weighted by atomic mass is 10.1. The number of nitrogens with one attached hydrogen (secondary N) is 1. The molecule has 0 atom stereocenters. The highest BCUT2D eigenvalue weighted by atomic mass is 19.1. The number of halogens is 2. The molecule has 0 heterocycles. The number of benzene rings is 2. The van der Waals surface area contributed by atoms with E-state index in [1.54, 1.807) is 6.07 Å². The summed E-state index contributed by atoms with van der Waals surface area (Å²) in [6.07, 6.45) is 0. The maximum Gasteiger partial charge on any atom is 0.258 e. The first kappa shape index (κ1) is 14.7. The molecule has 2 aromatic rings. The van der Waals surface area contributed by atoms with Gasteiger partial charge in [0.2, 0.25) is 0 Å². The smallest absolute Gasteiger partial charge is 0.258 e. The zero-order valence-corrected chi connectivity index (χ0v) is 10.9. The second-order valence-corrected chi connectivity index (χ2v) is 4.09. The Kier molecular flexibility index (Phi) is 4.64. The molecule has 5 heteroatoms. The van der Waals surface area contributed by atoms with Gasteiger partial charge in [-0.25, -0.2) is 8.78 Å². The maximum absolute atomic E-state index is 13.8. The normalized spacial score (nSPS) is 9.67. The Labute approximate surface area is 120 Å². The molecule has 0 aliphatic carbocycles. The summed E-state index contributed by atoms with van der Waals surface area (Å²) < 4.78 is 27.3. The average molecular weight is 287 g/mol. The molecule has 0 unspecified atom stereocenters. The van der Waals surface area contributed by atoms with Crippen LogP contribution in [-0.4, -0.2) is 17.6 Å². The number of anilines is 1. The molecule has 2 aromatic carbocycles. The first-order valence-corrected chi connectivity index (χ1v) is 6.07. The highest BCUT2D eigenvalue weighted by Gasteiger charge is 2.13. The van der Waals surface area contributed by atoms with Crippen LogP contribution in [0.25, 0.3) is 0 Å². The summed E-state index contributed by atoms with van der Waals surface area (Å²) in [7, 11) is 0. The van der Waals surface area contributed by atoms with Crippen molar-refractivity contribution in [3.05, 3.63) is 65.2 Å². The van der Waals surface area contributed by atoms with Gasteiger partial charge in [-0.3, -0.25) is 4.79 Å². The second-order valence-electron chi connectivity index (χ2n) is 4.09. The summed E-state index contributed by atoms with van der Waals surface area (Å²) in [5.74, 6) is 2.78. The lowest BCUT2D eigenvalue weighted by molar-refractivity contribution is 0.102. The van der Waals surface area contributed by atoms with Gasteiger partial charge in [-0.1, -0.05) is 24.0 Å². The summed E-state index contributed by atoms with van der Waals surface area (Å²) >= 11 is 0. The van der Waals surface area contributed by atoms with E-state index in [1.165, 1.54) is 30.3 Å². The minimum Gasteiger partial charge on any atom is -0.384 e. The molecule has 21 heavy (non-hydrogen) atoms. The van der Waals surface area contributed by atoms with Gasteiger partial charge in [0.15, 0.2) is 0 Å². The van der Waals surface area contributed by atoms with Crippen molar-refractivity contribution in [1.82, 2.24) is 0 Å². The topological polar surface area (TPSA) is 49.3 Å². The van der Waals surface area contributed by atoms with E-state index in [0.717, 1.165) is 6.07 Å². The van der Waals surface area contributed by atoms with E-state index in [-0.39, 0.29) is 17.9 Å². The Hall–Kier alpha value is -2.71. The van der Waals surface area contributed by atoms with Crippen molar-refractivity contribution < 1.29 is 18.7 Å². The first-order chi connectivity index (χ1) is 10.1. The van der Waals surface area contributed by atoms with Crippen LogP contribution in [0.2, 0.25) is 0 Å². The van der Waals surface area contributed by atoms with Gasteiger partial charge in [0, 0.05) is 5.56 Å². The third-order valence-corrected chi connectivity index (χ3v) is 2.65. The van der Waals surface area contributed by atoms with Crippen molar-refractivity contribution >= 4 is 11.6 Å². The number of aliphatic hydroxyl groups excluding tert-OH is 1. The van der Waals surface area contributed by atoms with Crippen molar-refractivity contribution in [2.75, 3.05) is 11.9 Å². The van der Waals surface area contributed by atoms with Crippen molar-refractivity contribution in [1.29, 1.82) is 0 Å². The minimum absolute atomic E-state index is 0.0222. The minimum atomic E-state index is -0.770. The van der Waals surface area contributed by atoms with Gasteiger partial charge < -0.3 is 10.4 Å². The molecular formula is C16H11F2NO2. The number of carbonyl (C=O) groups excluding carboxylic acids is 1. The summed E-state index contributed by atoms with van der Waals surface area (Å²) in [6.45, 7) is -0.336. The summed E-state index contributed by atoms with van der Waals surface area (Å²) in [4.78, 5) is 11.9. The number of carbonyl (C=O) groups is 1. The molecule has 0 spiro atoms. The zero-order valence-electron chi connectivity index (χ0n) is 10.9. The van der Waals surface area contributed by atoms with Gasteiger partial charge in [-0.05, 0) is 30.3 Å². The van der Waals surface area contributed by atoms with E-state index >= 15 is 0 Å². The summed E-state index contributed by atoms with van der Waals surface area (Å²) in [6, 6.07) is 9.41. The van der Waals surface area contributed by atoms with Crippen LogP contribution in [0.15, 0.2) is 42.5 Å². The average Bonchev–Trinajstić information content (AvgIpc) is 2.47. The molecule has 0 bridgehead atoms. The molecule has 0 saturated carbocycles. The van der Waals surface area contributed by atoms with E-state index in [1.807, 2.05) is 0 Å². The van der Waals surface area contributed by atoms with Crippen LogP contribution in [0, 0.1) is 23.5 Å². The quantitative estimate of drug-likeness (QED) is 0.834. The third kappa shape index (κ3) is 3.65. The van der Waals surface area contributed by atoms with Crippen molar-refractivity contribution in [2.24, 2.45) is 0 Å². The van der Waals surface area contributed by atoms with Crippen molar-refractivity contribution in [2.45, 2.75) is 0 Å². The Morgan fingerprint density at radius 1 is 1.14 bits per heavy atom. The highest BCUT2D eigenvalue weighted by molar-refractivity contribution is 6.04. The molecule has 106 valence electrons. The predicted molar refractivity (Wildman–Crippen MR) is 74.7 cm³/mol. The predicted octanol–water partition coefficient (Wildman–Crippen LogP) is 2.56. The lowest BCUT2D eigenvalue weighted by Crippen LogP contribution is -2.14. The second kappa shape index (κ2) is 6.64. The highest BCUT2D eigenvalue weighted by Crippen LogP contribution is 2.16. The van der Waals surface area contributed by atoms with Gasteiger partial charge in [-0.15, -0.1) is 0 Å². The monoisotopic (exact) mass is 287 g/mol. The van der Waals surface area contributed by atoms with Crippen LogP contribution in [0.4, 0.5) is 14.5 Å². The standard InChI is InChI=1S/C16H11F2NO2/c17-13-5-1-2-6-15(13)19-16(21)12-8-7-11(4-3-9-20)10-14(12)18/h1-2,5-8,10,20H,9H2,(H,19,21). The Morgan fingerprint density at radius 3 is 2.57 bits per heavy atom. The Bertz CT molecular complexity index is 733. The van der Waals surface area contributed by atoms with Gasteiger partial charge in [-0.2, -0.15) is 0 Å². The molecule has 0 aromatic heterocycles. The molecule has 0 fully saturated rings. The number of rotatable bonds is 2. The molecular weight excluding hydrogens is 276 g/mol. The van der Waals surface area contributed by atoms with Crippen LogP contribution in [0.1, 0.15) is 15.9 Å². The Balaban J connectivity index is 2.22. The first-order valence-electron chi connectivity index (χ1n) is 6.07. The molecule has 0 radical (unpaired) electrons. The Morgan fingerprint density at radius 2 is 1.90 bits per heavy atom. The third-order valence-electron chi connectivity index (χ3n) is 2.65. The molecule has 0 aliphatic heterocycles. The molecule has 0 saturated heterocycles. The van der Waals surface area contributed by atoms with Crippen LogP contribution in [-0.2, 0) is 0 Å². The number of hydrogen-bond donors (Lipinski definition) is 2. The SMILES string of the molecule is O=C(Nc1ccccc1F)c1ccc(C#CCO)cc1F. The van der Waals surface area contributed by atoms with Gasteiger partial charge in [0.25, 0.3) is 5.91 Å². The number of amides is 1. The fraction of sp³-hybridized carbons (Fsp3) is 0.0625. The van der Waals surface area contributed by atoms with Crippen molar-refractivity contribution in [3.8, 4) is 11.8 Å². The van der Waals surface area contributed by atoms with Crippen LogP contribution < -0.4 is 5.32 Å². The van der Waals surface area contributed by atoms with E-state index < -0.39 is 17.5 Å². The zero-order chi connectivity index (χ0) is 15.2. The number of hydrogen-bond acceptors (Lipinski definition) is 2. The van der Waals surface area contributed by atoms with Crippen LogP contribution in [0.5, 0.6) is 0 Å². The van der Waals surface area contributed by atoms with Gasteiger partial charge in [0.05, 0.1) is 11.3 Å². The fourth-order valence-corrected chi connectivity index (χ4v) is 1.67. The van der Waals surface area contributed by atoms with E-state index in [2.05, 4.69) is 17.2 Å².